The Kier molecular flexibility index (Phi) is 3.55. The number of carbonyl (C=O) groups is 1. The molecule has 1 N–H and O–H groups in total. The van der Waals surface area contributed by atoms with Gasteiger partial charge >= 0.3 is 6.36 Å². The van der Waals surface area contributed by atoms with Gasteiger partial charge in [0.05, 0.1) is 11.6 Å². The average Bonchev–Trinajstić information content (AvgIpc) is 2.99. The first kappa shape index (κ1) is 14.2. The van der Waals surface area contributed by atoms with Crippen LogP contribution < -0.4 is 10.1 Å². The highest BCUT2D eigenvalue weighted by Crippen LogP contribution is 2.45. The highest BCUT2D eigenvalue weighted by Gasteiger charge is 2.38. The summed E-state index contributed by atoms with van der Waals surface area (Å²) < 4.78 is 41.2. The Morgan fingerprint density at radius 1 is 1.24 bits per heavy atom. The Labute approximate surface area is 120 Å². The first-order valence-electron chi connectivity index (χ1n) is 7.13. The van der Waals surface area contributed by atoms with Crippen LogP contribution in [-0.4, -0.2) is 12.3 Å². The molecule has 1 atom stereocenters. The number of nitrogens with one attached hydrogen (secondary N) is 1. The van der Waals surface area contributed by atoms with Crippen LogP contribution in [0.1, 0.15) is 43.6 Å². The number of alkyl halides is 3. The van der Waals surface area contributed by atoms with E-state index in [2.05, 4.69) is 10.1 Å². The van der Waals surface area contributed by atoms with Crippen LogP contribution in [0.25, 0.3) is 0 Å². The molecular weight excluding hydrogens is 283 g/mol. The van der Waals surface area contributed by atoms with E-state index in [0.29, 0.717) is 17.9 Å². The third kappa shape index (κ3) is 2.99. The fourth-order valence-corrected chi connectivity index (χ4v) is 3.35. The van der Waals surface area contributed by atoms with E-state index in [1.165, 1.54) is 25.0 Å². The van der Waals surface area contributed by atoms with Crippen molar-refractivity contribution in [3.05, 3.63) is 23.8 Å². The summed E-state index contributed by atoms with van der Waals surface area (Å²) in [6, 6.07) is 4.43. The van der Waals surface area contributed by atoms with Crippen molar-refractivity contribution in [3.8, 4) is 5.75 Å². The second-order valence-corrected chi connectivity index (χ2v) is 5.70. The lowest BCUT2D eigenvalue weighted by atomic mass is 9.89. The highest BCUT2D eigenvalue weighted by atomic mass is 19.4. The predicted molar refractivity (Wildman–Crippen MR) is 71.1 cm³/mol. The lowest BCUT2D eigenvalue weighted by Crippen LogP contribution is -2.18. The fourth-order valence-electron chi connectivity index (χ4n) is 3.35. The van der Waals surface area contributed by atoms with E-state index in [1.807, 2.05) is 0 Å². The summed E-state index contributed by atoms with van der Waals surface area (Å²) in [5.74, 6) is -0.434. The number of ether oxygens (including phenoxy) is 1. The monoisotopic (exact) mass is 299 g/mol. The molecule has 3 rings (SSSR count). The summed E-state index contributed by atoms with van der Waals surface area (Å²) in [6.45, 7) is 0. The normalized spacial score (nSPS) is 22.2. The molecule has 1 fully saturated rings. The van der Waals surface area contributed by atoms with Crippen LogP contribution in [0, 0.1) is 5.92 Å². The van der Waals surface area contributed by atoms with Gasteiger partial charge in [-0.15, -0.1) is 13.2 Å². The molecule has 1 amide bonds. The maximum absolute atomic E-state index is 12.4. The van der Waals surface area contributed by atoms with Crippen LogP contribution in [0.5, 0.6) is 5.75 Å². The number of carbonyl (C=O) groups excluding carboxylic acids is 1. The van der Waals surface area contributed by atoms with Crippen molar-refractivity contribution in [1.29, 1.82) is 0 Å². The van der Waals surface area contributed by atoms with Crippen LogP contribution in [0.2, 0.25) is 0 Å². The Bertz CT molecular complexity index is 550. The summed E-state index contributed by atoms with van der Waals surface area (Å²) in [5.41, 5.74) is 0.788. The van der Waals surface area contributed by atoms with Crippen molar-refractivity contribution < 1.29 is 22.7 Å². The van der Waals surface area contributed by atoms with Gasteiger partial charge in [0.25, 0.3) is 0 Å². The predicted octanol–water partition coefficient (Wildman–Crippen LogP) is 4.20. The van der Waals surface area contributed by atoms with Gasteiger partial charge in [-0.3, -0.25) is 4.79 Å². The maximum atomic E-state index is 12.4. The van der Waals surface area contributed by atoms with Gasteiger partial charge in [0.1, 0.15) is 0 Å². The molecule has 21 heavy (non-hydrogen) atoms. The molecule has 3 nitrogen and oxygen atoms in total. The number of benzene rings is 1. The molecular formula is C15H16F3NO2. The zero-order valence-corrected chi connectivity index (χ0v) is 11.4. The SMILES string of the molecule is O=C1Nc2c(OC(F)(F)F)cccc2C1CC1CCCC1. The summed E-state index contributed by atoms with van der Waals surface area (Å²) in [7, 11) is 0. The van der Waals surface area contributed by atoms with Gasteiger partial charge in [-0.2, -0.15) is 0 Å². The maximum Gasteiger partial charge on any atom is 0.573 e. The number of anilines is 1. The molecule has 1 aliphatic carbocycles. The van der Waals surface area contributed by atoms with Gasteiger partial charge in [0.2, 0.25) is 5.91 Å². The number of amides is 1. The van der Waals surface area contributed by atoms with Gasteiger partial charge in [-0.05, 0) is 24.0 Å². The molecule has 1 aliphatic heterocycles. The molecule has 114 valence electrons. The first-order valence-corrected chi connectivity index (χ1v) is 7.13. The second-order valence-electron chi connectivity index (χ2n) is 5.70. The summed E-state index contributed by atoms with van der Waals surface area (Å²) in [5, 5.41) is 2.55. The van der Waals surface area contributed by atoms with Gasteiger partial charge in [-0.1, -0.05) is 37.8 Å². The quantitative estimate of drug-likeness (QED) is 0.908. The van der Waals surface area contributed by atoms with Crippen molar-refractivity contribution in [2.24, 2.45) is 5.92 Å². The summed E-state index contributed by atoms with van der Waals surface area (Å²) in [4.78, 5) is 12.1. The molecule has 0 spiro atoms. The molecule has 0 radical (unpaired) electrons. The average molecular weight is 299 g/mol. The van der Waals surface area contributed by atoms with Crippen LogP contribution in [0.3, 0.4) is 0 Å². The summed E-state index contributed by atoms with van der Waals surface area (Å²) >= 11 is 0. The third-order valence-electron chi connectivity index (χ3n) is 4.27. The Balaban J connectivity index is 1.85. The lowest BCUT2D eigenvalue weighted by Gasteiger charge is -2.15. The topological polar surface area (TPSA) is 38.3 Å². The van der Waals surface area contributed by atoms with Crippen LogP contribution in [0.15, 0.2) is 18.2 Å². The Hall–Kier alpha value is -1.72. The number of hydrogen-bond donors (Lipinski definition) is 1. The molecule has 0 bridgehead atoms. The molecule has 6 heteroatoms. The molecule has 1 aromatic rings. The molecule has 1 heterocycles. The minimum atomic E-state index is -4.76. The van der Waals surface area contributed by atoms with E-state index in [0.717, 1.165) is 12.8 Å². The van der Waals surface area contributed by atoms with Crippen molar-refractivity contribution in [2.75, 3.05) is 5.32 Å². The lowest BCUT2D eigenvalue weighted by molar-refractivity contribution is -0.274. The fraction of sp³-hybridized carbons (Fsp3) is 0.533. The smallest absolute Gasteiger partial charge is 0.404 e. The molecule has 1 saturated carbocycles. The highest BCUT2D eigenvalue weighted by molar-refractivity contribution is 6.04. The molecule has 0 aromatic heterocycles. The van der Waals surface area contributed by atoms with Crippen LogP contribution >= 0.6 is 0 Å². The van der Waals surface area contributed by atoms with Crippen LogP contribution in [-0.2, 0) is 4.79 Å². The van der Waals surface area contributed by atoms with E-state index in [-0.39, 0.29) is 23.3 Å². The Morgan fingerprint density at radius 3 is 2.62 bits per heavy atom. The van der Waals surface area contributed by atoms with Crippen molar-refractivity contribution >= 4 is 11.6 Å². The zero-order chi connectivity index (χ0) is 15.0. The van der Waals surface area contributed by atoms with Crippen molar-refractivity contribution in [1.82, 2.24) is 0 Å². The van der Waals surface area contributed by atoms with Crippen molar-refractivity contribution in [2.45, 2.75) is 44.4 Å². The van der Waals surface area contributed by atoms with Gasteiger partial charge in [0.15, 0.2) is 5.75 Å². The van der Waals surface area contributed by atoms with Gasteiger partial charge in [0, 0.05) is 0 Å². The Morgan fingerprint density at radius 2 is 1.95 bits per heavy atom. The largest absolute Gasteiger partial charge is 0.573 e. The van der Waals surface area contributed by atoms with E-state index in [4.69, 9.17) is 0 Å². The van der Waals surface area contributed by atoms with Gasteiger partial charge < -0.3 is 10.1 Å². The number of rotatable bonds is 3. The van der Waals surface area contributed by atoms with E-state index < -0.39 is 6.36 Å². The number of para-hydroxylation sites is 1. The molecule has 2 aliphatic rings. The standard InChI is InChI=1S/C15H16F3NO2/c16-15(17,18)21-12-7-3-6-10-11(14(20)19-13(10)12)8-9-4-1-2-5-9/h3,6-7,9,11H,1-2,4-5,8H2,(H,19,20). The minimum Gasteiger partial charge on any atom is -0.404 e. The minimum absolute atomic E-state index is 0.169. The number of halogens is 3. The number of hydrogen-bond acceptors (Lipinski definition) is 2. The molecule has 1 aromatic carbocycles. The third-order valence-corrected chi connectivity index (χ3v) is 4.27. The van der Waals surface area contributed by atoms with E-state index in [1.54, 1.807) is 6.07 Å². The zero-order valence-electron chi connectivity index (χ0n) is 11.4. The first-order chi connectivity index (χ1) is 9.94. The van der Waals surface area contributed by atoms with Gasteiger partial charge in [-0.25, -0.2) is 0 Å². The number of fused-ring (bicyclic) bond motifs is 1. The van der Waals surface area contributed by atoms with E-state index in [9.17, 15) is 18.0 Å². The van der Waals surface area contributed by atoms with Crippen molar-refractivity contribution in [3.63, 3.8) is 0 Å². The van der Waals surface area contributed by atoms with E-state index >= 15 is 0 Å². The van der Waals surface area contributed by atoms with Crippen LogP contribution in [0.4, 0.5) is 18.9 Å². The molecule has 1 unspecified atom stereocenters. The second kappa shape index (κ2) is 5.24. The summed E-state index contributed by atoms with van der Waals surface area (Å²) in [6.07, 6.45) is 0.472. The molecule has 0 saturated heterocycles.